The second kappa shape index (κ2) is 7.05. The van der Waals surface area contributed by atoms with Gasteiger partial charge in [0.1, 0.15) is 0 Å². The Kier molecular flexibility index (Phi) is 4.66. The third-order valence-electron chi connectivity index (χ3n) is 3.00. The Morgan fingerprint density at radius 2 is 2.12 bits per heavy atom. The maximum absolute atomic E-state index is 12.1. The van der Waals surface area contributed by atoms with Crippen LogP contribution in [0.25, 0.3) is 0 Å². The van der Waals surface area contributed by atoms with Gasteiger partial charge in [-0.25, -0.2) is 4.79 Å². The normalized spacial score (nSPS) is 10.4. The minimum atomic E-state index is -0.543. The van der Waals surface area contributed by atoms with Crippen LogP contribution in [0.15, 0.2) is 46.2 Å². The molecule has 8 heteroatoms. The number of hydrogen-bond donors (Lipinski definition) is 1. The molecule has 0 aliphatic rings. The number of nitrogens with one attached hydrogen (secondary N) is 1. The second-order valence-corrected chi connectivity index (χ2v) is 5.75. The average molecular weight is 343 g/mol. The summed E-state index contributed by atoms with van der Waals surface area (Å²) in [5.41, 5.74) is 0.826. The van der Waals surface area contributed by atoms with Gasteiger partial charge in [-0.15, -0.1) is 21.5 Å². The van der Waals surface area contributed by atoms with Gasteiger partial charge in [0, 0.05) is 12.6 Å². The molecule has 7 nitrogen and oxygen atoms in total. The number of amides is 1. The van der Waals surface area contributed by atoms with Crippen LogP contribution in [0.5, 0.6) is 0 Å². The quantitative estimate of drug-likeness (QED) is 0.716. The Labute approximate surface area is 141 Å². The first-order valence-corrected chi connectivity index (χ1v) is 7.91. The fourth-order valence-electron chi connectivity index (χ4n) is 1.93. The van der Waals surface area contributed by atoms with Gasteiger partial charge < -0.3 is 14.5 Å². The summed E-state index contributed by atoms with van der Waals surface area (Å²) >= 11 is 1.34. The Bertz CT molecular complexity index is 858. The molecule has 1 amide bonds. The molecular formula is C16H13N3O4S. The van der Waals surface area contributed by atoms with Crippen LogP contribution >= 0.6 is 11.3 Å². The fourth-order valence-corrected chi connectivity index (χ4v) is 2.55. The van der Waals surface area contributed by atoms with Gasteiger partial charge in [0.2, 0.25) is 5.89 Å². The molecule has 0 aliphatic heterocycles. The van der Waals surface area contributed by atoms with Crippen LogP contribution in [-0.2, 0) is 11.3 Å². The summed E-state index contributed by atoms with van der Waals surface area (Å²) < 4.78 is 10.2. The Balaban J connectivity index is 1.63. The molecule has 24 heavy (non-hydrogen) atoms. The van der Waals surface area contributed by atoms with E-state index in [2.05, 4.69) is 15.5 Å². The third-order valence-corrected chi connectivity index (χ3v) is 3.86. The SMILES string of the molecule is Cc1nnc(COC(=O)c2cccc(NC(=O)c3cccs3)c2)o1. The lowest BCUT2D eigenvalue weighted by atomic mass is 10.2. The predicted octanol–water partition coefficient (Wildman–Crippen LogP) is 3.05. The van der Waals surface area contributed by atoms with Crippen LogP contribution in [-0.4, -0.2) is 22.1 Å². The molecule has 0 fully saturated rings. The van der Waals surface area contributed by atoms with Crippen LogP contribution in [0.1, 0.15) is 31.8 Å². The summed E-state index contributed by atoms with van der Waals surface area (Å²) in [6.45, 7) is 1.55. The smallest absolute Gasteiger partial charge is 0.338 e. The van der Waals surface area contributed by atoms with Gasteiger partial charge in [-0.2, -0.15) is 0 Å². The van der Waals surface area contributed by atoms with Crippen LogP contribution in [0.2, 0.25) is 0 Å². The number of carbonyl (C=O) groups is 2. The van der Waals surface area contributed by atoms with Crippen molar-refractivity contribution >= 4 is 28.9 Å². The molecular weight excluding hydrogens is 330 g/mol. The number of benzene rings is 1. The molecule has 1 N–H and O–H groups in total. The van der Waals surface area contributed by atoms with Crippen molar-refractivity contribution in [2.75, 3.05) is 5.32 Å². The van der Waals surface area contributed by atoms with Gasteiger partial charge in [0.05, 0.1) is 10.4 Å². The van der Waals surface area contributed by atoms with E-state index in [-0.39, 0.29) is 18.4 Å². The largest absolute Gasteiger partial charge is 0.452 e. The van der Waals surface area contributed by atoms with Gasteiger partial charge in [-0.3, -0.25) is 4.79 Å². The summed E-state index contributed by atoms with van der Waals surface area (Å²) in [5.74, 6) is -0.141. The average Bonchev–Trinajstić information content (AvgIpc) is 3.24. The lowest BCUT2D eigenvalue weighted by molar-refractivity contribution is 0.0436. The number of esters is 1. The van der Waals surface area contributed by atoms with Crippen LogP contribution in [0.3, 0.4) is 0 Å². The number of thiophene rings is 1. The molecule has 122 valence electrons. The van der Waals surface area contributed by atoms with E-state index in [1.54, 1.807) is 43.3 Å². The maximum Gasteiger partial charge on any atom is 0.338 e. The first-order valence-electron chi connectivity index (χ1n) is 7.03. The van der Waals surface area contributed by atoms with E-state index in [0.717, 1.165) is 0 Å². The molecule has 0 saturated carbocycles. The number of hydrogen-bond acceptors (Lipinski definition) is 7. The number of anilines is 1. The van der Waals surface area contributed by atoms with E-state index in [9.17, 15) is 9.59 Å². The number of aromatic nitrogens is 2. The van der Waals surface area contributed by atoms with E-state index >= 15 is 0 Å². The molecule has 0 bridgehead atoms. The summed E-state index contributed by atoms with van der Waals surface area (Å²) in [7, 11) is 0. The first-order chi connectivity index (χ1) is 11.6. The fraction of sp³-hybridized carbons (Fsp3) is 0.125. The van der Waals surface area contributed by atoms with Crippen molar-refractivity contribution < 1.29 is 18.7 Å². The number of carbonyl (C=O) groups excluding carboxylic acids is 2. The molecule has 2 aromatic heterocycles. The van der Waals surface area contributed by atoms with Crippen molar-refractivity contribution in [3.05, 3.63) is 64.0 Å². The van der Waals surface area contributed by atoms with E-state index in [4.69, 9.17) is 9.15 Å². The van der Waals surface area contributed by atoms with Crippen LogP contribution in [0.4, 0.5) is 5.69 Å². The molecule has 2 heterocycles. The lowest BCUT2D eigenvalue weighted by Gasteiger charge is -2.06. The van der Waals surface area contributed by atoms with Gasteiger partial charge >= 0.3 is 5.97 Å². The summed E-state index contributed by atoms with van der Waals surface area (Å²) in [6, 6.07) is 10.0. The zero-order valence-electron chi connectivity index (χ0n) is 12.7. The third kappa shape index (κ3) is 3.85. The maximum atomic E-state index is 12.1. The Morgan fingerprint density at radius 1 is 1.25 bits per heavy atom. The lowest BCUT2D eigenvalue weighted by Crippen LogP contribution is -2.11. The van der Waals surface area contributed by atoms with Gasteiger partial charge in [0.25, 0.3) is 11.8 Å². The molecule has 0 aliphatic carbocycles. The van der Waals surface area contributed by atoms with Crippen molar-refractivity contribution in [2.45, 2.75) is 13.5 Å². The van der Waals surface area contributed by atoms with Gasteiger partial charge in [-0.05, 0) is 29.6 Å². The predicted molar refractivity (Wildman–Crippen MR) is 86.9 cm³/mol. The minimum Gasteiger partial charge on any atom is -0.452 e. The van der Waals surface area contributed by atoms with Crippen molar-refractivity contribution in [1.29, 1.82) is 0 Å². The van der Waals surface area contributed by atoms with Crippen molar-refractivity contribution in [3.63, 3.8) is 0 Å². The molecule has 0 unspecified atom stereocenters. The zero-order valence-corrected chi connectivity index (χ0v) is 13.5. The van der Waals surface area contributed by atoms with E-state index in [1.165, 1.54) is 11.3 Å². The van der Waals surface area contributed by atoms with Crippen molar-refractivity contribution in [2.24, 2.45) is 0 Å². The number of nitrogens with zero attached hydrogens (tertiary/aromatic N) is 2. The molecule has 0 radical (unpaired) electrons. The van der Waals surface area contributed by atoms with Crippen molar-refractivity contribution in [3.8, 4) is 0 Å². The molecule has 1 aromatic carbocycles. The molecule has 0 spiro atoms. The number of rotatable bonds is 5. The molecule has 3 rings (SSSR count). The Hall–Kier alpha value is -3.00. The zero-order chi connectivity index (χ0) is 16.9. The Morgan fingerprint density at radius 3 is 2.83 bits per heavy atom. The van der Waals surface area contributed by atoms with Gasteiger partial charge in [-0.1, -0.05) is 12.1 Å². The van der Waals surface area contributed by atoms with Gasteiger partial charge in [0.15, 0.2) is 6.61 Å². The number of ether oxygens (including phenoxy) is 1. The van der Waals surface area contributed by atoms with E-state index in [1.807, 2.05) is 5.38 Å². The molecule has 0 atom stereocenters. The monoisotopic (exact) mass is 343 g/mol. The molecule has 0 saturated heterocycles. The standard InChI is InChI=1S/C16H13N3O4S/c1-10-18-19-14(23-10)9-22-16(21)11-4-2-5-12(8-11)17-15(20)13-6-3-7-24-13/h2-8H,9H2,1H3,(H,17,20). The number of aryl methyl sites for hydroxylation is 1. The first kappa shape index (κ1) is 15.9. The minimum absolute atomic E-state index is 0.106. The van der Waals surface area contributed by atoms with E-state index < -0.39 is 5.97 Å². The highest BCUT2D eigenvalue weighted by molar-refractivity contribution is 7.12. The molecule has 3 aromatic rings. The van der Waals surface area contributed by atoms with Crippen molar-refractivity contribution in [1.82, 2.24) is 10.2 Å². The second-order valence-electron chi connectivity index (χ2n) is 4.80. The topological polar surface area (TPSA) is 94.3 Å². The summed E-state index contributed by atoms with van der Waals surface area (Å²) in [6.07, 6.45) is 0. The highest BCUT2D eigenvalue weighted by Gasteiger charge is 2.12. The highest BCUT2D eigenvalue weighted by Crippen LogP contribution is 2.16. The summed E-state index contributed by atoms with van der Waals surface area (Å²) in [5, 5.41) is 12.0. The van der Waals surface area contributed by atoms with Crippen LogP contribution in [0, 0.1) is 6.92 Å². The highest BCUT2D eigenvalue weighted by atomic mass is 32.1. The van der Waals surface area contributed by atoms with Crippen LogP contribution < -0.4 is 5.32 Å². The summed E-state index contributed by atoms with van der Waals surface area (Å²) in [4.78, 5) is 24.7. The van der Waals surface area contributed by atoms with E-state index in [0.29, 0.717) is 22.0 Å².